The third-order valence-corrected chi connectivity index (χ3v) is 4.75. The normalized spacial score (nSPS) is 13.7. The minimum atomic E-state index is -0.440. The van der Waals surface area contributed by atoms with Gasteiger partial charge in [0.2, 0.25) is 0 Å². The standard InChI is InChI=1S/C21H14Cl2N4O2/c22-12-5-10-18(17(23)11-12)26-21(29)25-14-8-6-13(7-9-14)24-19-15-3-1-2-4-16(15)20(28)27-19/h1-11H,(H,24,27,28)(H2,25,26,29). The maximum atomic E-state index is 12.2. The molecule has 144 valence electrons. The summed E-state index contributed by atoms with van der Waals surface area (Å²) >= 11 is 11.9. The zero-order valence-corrected chi connectivity index (χ0v) is 16.4. The van der Waals surface area contributed by atoms with Crippen LogP contribution in [-0.2, 0) is 0 Å². The van der Waals surface area contributed by atoms with Crippen LogP contribution in [0.1, 0.15) is 15.9 Å². The molecule has 4 rings (SSSR count). The highest BCUT2D eigenvalue weighted by molar-refractivity contribution is 6.36. The number of hydrogen-bond acceptors (Lipinski definition) is 3. The van der Waals surface area contributed by atoms with Crippen molar-refractivity contribution in [2.75, 3.05) is 10.6 Å². The van der Waals surface area contributed by atoms with Crippen molar-refractivity contribution in [3.05, 3.63) is 87.9 Å². The smallest absolute Gasteiger partial charge is 0.308 e. The number of aliphatic imine (C=N–C) groups is 1. The second kappa shape index (κ2) is 7.95. The van der Waals surface area contributed by atoms with Gasteiger partial charge < -0.3 is 16.0 Å². The molecular weight excluding hydrogens is 411 g/mol. The molecule has 29 heavy (non-hydrogen) atoms. The summed E-state index contributed by atoms with van der Waals surface area (Å²) in [5.41, 5.74) is 3.03. The molecule has 0 aromatic heterocycles. The second-order valence-electron chi connectivity index (χ2n) is 6.21. The molecule has 1 heterocycles. The fraction of sp³-hybridized carbons (Fsp3) is 0. The third kappa shape index (κ3) is 4.23. The molecule has 1 aliphatic rings. The lowest BCUT2D eigenvalue weighted by Gasteiger charge is -2.09. The Labute approximate surface area is 176 Å². The van der Waals surface area contributed by atoms with Crippen molar-refractivity contribution in [1.29, 1.82) is 0 Å². The van der Waals surface area contributed by atoms with Crippen molar-refractivity contribution in [2.24, 2.45) is 4.99 Å². The van der Waals surface area contributed by atoms with Crippen LogP contribution in [0.15, 0.2) is 71.7 Å². The number of nitrogens with one attached hydrogen (secondary N) is 3. The fourth-order valence-corrected chi connectivity index (χ4v) is 3.30. The van der Waals surface area contributed by atoms with E-state index in [4.69, 9.17) is 23.2 Å². The number of benzene rings is 3. The van der Waals surface area contributed by atoms with Gasteiger partial charge in [0.05, 0.1) is 22.0 Å². The first-order chi connectivity index (χ1) is 14.0. The van der Waals surface area contributed by atoms with Gasteiger partial charge >= 0.3 is 6.03 Å². The van der Waals surface area contributed by atoms with E-state index in [1.807, 2.05) is 18.2 Å². The van der Waals surface area contributed by atoms with Gasteiger partial charge in [-0.1, -0.05) is 41.4 Å². The average Bonchev–Trinajstić information content (AvgIpc) is 3.01. The van der Waals surface area contributed by atoms with Crippen LogP contribution in [0.2, 0.25) is 10.0 Å². The Hall–Kier alpha value is -3.35. The molecule has 3 N–H and O–H groups in total. The summed E-state index contributed by atoms with van der Waals surface area (Å²) in [7, 11) is 0. The van der Waals surface area contributed by atoms with E-state index in [0.717, 1.165) is 5.56 Å². The Morgan fingerprint density at radius 3 is 2.34 bits per heavy atom. The van der Waals surface area contributed by atoms with Crippen LogP contribution in [0.4, 0.5) is 21.9 Å². The minimum absolute atomic E-state index is 0.171. The van der Waals surface area contributed by atoms with Crippen molar-refractivity contribution in [1.82, 2.24) is 5.32 Å². The zero-order valence-electron chi connectivity index (χ0n) is 14.9. The Morgan fingerprint density at radius 1 is 0.897 bits per heavy atom. The van der Waals surface area contributed by atoms with Crippen LogP contribution in [-0.4, -0.2) is 17.8 Å². The van der Waals surface area contributed by atoms with Gasteiger partial charge in [0.15, 0.2) is 0 Å². The minimum Gasteiger partial charge on any atom is -0.308 e. The first kappa shape index (κ1) is 19.0. The van der Waals surface area contributed by atoms with Gasteiger partial charge in [-0.25, -0.2) is 9.79 Å². The highest BCUT2D eigenvalue weighted by atomic mass is 35.5. The van der Waals surface area contributed by atoms with Gasteiger partial charge in [0.1, 0.15) is 5.84 Å². The van der Waals surface area contributed by atoms with E-state index in [9.17, 15) is 9.59 Å². The number of amides is 3. The first-order valence-corrected chi connectivity index (χ1v) is 9.38. The highest BCUT2D eigenvalue weighted by Gasteiger charge is 2.24. The summed E-state index contributed by atoms with van der Waals surface area (Å²) < 4.78 is 0. The second-order valence-corrected chi connectivity index (χ2v) is 7.05. The lowest BCUT2D eigenvalue weighted by Crippen LogP contribution is -2.21. The molecule has 1 aliphatic heterocycles. The molecule has 0 saturated carbocycles. The van der Waals surface area contributed by atoms with E-state index in [-0.39, 0.29) is 5.91 Å². The summed E-state index contributed by atoms with van der Waals surface area (Å²) in [6, 6.07) is 18.5. The van der Waals surface area contributed by atoms with E-state index >= 15 is 0 Å². The topological polar surface area (TPSA) is 82.6 Å². The molecule has 3 amide bonds. The van der Waals surface area contributed by atoms with E-state index in [0.29, 0.717) is 38.5 Å². The summed E-state index contributed by atoms with van der Waals surface area (Å²) in [5, 5.41) is 8.97. The van der Waals surface area contributed by atoms with Crippen LogP contribution < -0.4 is 16.0 Å². The van der Waals surface area contributed by atoms with Crippen molar-refractivity contribution >= 4 is 58.0 Å². The van der Waals surface area contributed by atoms with Gasteiger partial charge in [-0.2, -0.15) is 0 Å². The highest BCUT2D eigenvalue weighted by Crippen LogP contribution is 2.26. The quantitative estimate of drug-likeness (QED) is 0.521. The predicted octanol–water partition coefficient (Wildman–Crippen LogP) is 5.46. The molecule has 0 unspecified atom stereocenters. The SMILES string of the molecule is O=C(Nc1ccc(N=C2NC(=O)c3ccccc32)cc1)Nc1ccc(Cl)cc1Cl. The monoisotopic (exact) mass is 424 g/mol. The molecule has 0 saturated heterocycles. The van der Waals surface area contributed by atoms with Crippen LogP contribution in [0.25, 0.3) is 0 Å². The molecule has 0 atom stereocenters. The number of urea groups is 1. The third-order valence-electron chi connectivity index (χ3n) is 4.20. The van der Waals surface area contributed by atoms with Crippen molar-refractivity contribution in [2.45, 2.75) is 0 Å². The average molecular weight is 425 g/mol. The van der Waals surface area contributed by atoms with Crippen molar-refractivity contribution in [3.63, 3.8) is 0 Å². The zero-order chi connectivity index (χ0) is 20.4. The van der Waals surface area contributed by atoms with E-state index in [1.165, 1.54) is 0 Å². The van der Waals surface area contributed by atoms with Gasteiger partial charge in [-0.05, 0) is 48.5 Å². The Kier molecular flexibility index (Phi) is 5.20. The summed E-state index contributed by atoms with van der Waals surface area (Å²) in [6.07, 6.45) is 0. The predicted molar refractivity (Wildman–Crippen MR) is 116 cm³/mol. The molecule has 8 heteroatoms. The number of amidine groups is 1. The number of halogens is 2. The van der Waals surface area contributed by atoms with Gasteiger partial charge in [-0.3, -0.25) is 4.79 Å². The van der Waals surface area contributed by atoms with Gasteiger partial charge in [0, 0.05) is 16.3 Å². The lowest BCUT2D eigenvalue weighted by atomic mass is 10.1. The summed E-state index contributed by atoms with van der Waals surface area (Å²) in [4.78, 5) is 28.6. The number of carbonyl (C=O) groups excluding carboxylic acids is 2. The van der Waals surface area contributed by atoms with Crippen molar-refractivity contribution < 1.29 is 9.59 Å². The number of hydrogen-bond donors (Lipinski definition) is 3. The molecule has 3 aromatic rings. The first-order valence-electron chi connectivity index (χ1n) is 8.62. The Balaban J connectivity index is 1.45. The Bertz CT molecular complexity index is 1140. The number of anilines is 2. The van der Waals surface area contributed by atoms with E-state index in [1.54, 1.807) is 48.5 Å². The van der Waals surface area contributed by atoms with Crippen LogP contribution in [0, 0.1) is 0 Å². The van der Waals surface area contributed by atoms with Crippen LogP contribution in [0.5, 0.6) is 0 Å². The summed E-state index contributed by atoms with van der Waals surface area (Å²) in [5.74, 6) is 0.330. The number of carbonyl (C=O) groups is 2. The van der Waals surface area contributed by atoms with Crippen molar-refractivity contribution in [3.8, 4) is 0 Å². The Morgan fingerprint density at radius 2 is 1.62 bits per heavy atom. The molecule has 6 nitrogen and oxygen atoms in total. The van der Waals surface area contributed by atoms with Crippen LogP contribution in [0.3, 0.4) is 0 Å². The molecular formula is C21H14Cl2N4O2. The maximum absolute atomic E-state index is 12.2. The van der Waals surface area contributed by atoms with Crippen LogP contribution >= 0.6 is 23.2 Å². The van der Waals surface area contributed by atoms with Gasteiger partial charge in [-0.15, -0.1) is 0 Å². The molecule has 0 radical (unpaired) electrons. The fourth-order valence-electron chi connectivity index (χ4n) is 2.84. The molecule has 0 spiro atoms. The number of rotatable bonds is 3. The van der Waals surface area contributed by atoms with E-state index < -0.39 is 6.03 Å². The molecule has 0 fully saturated rings. The maximum Gasteiger partial charge on any atom is 0.323 e. The number of nitrogens with zero attached hydrogens (tertiary/aromatic N) is 1. The van der Waals surface area contributed by atoms with E-state index in [2.05, 4.69) is 20.9 Å². The molecule has 0 bridgehead atoms. The lowest BCUT2D eigenvalue weighted by molar-refractivity contribution is 0.0983. The molecule has 0 aliphatic carbocycles. The largest absolute Gasteiger partial charge is 0.323 e. The summed E-state index contributed by atoms with van der Waals surface area (Å²) in [6.45, 7) is 0. The van der Waals surface area contributed by atoms with Gasteiger partial charge in [0.25, 0.3) is 5.91 Å². The molecule has 3 aromatic carbocycles. The number of fused-ring (bicyclic) bond motifs is 1.